The molecule has 8 nitrogen and oxygen atoms in total. The lowest BCUT2D eigenvalue weighted by molar-refractivity contribution is -0.169. The Hall–Kier alpha value is -3.81. The summed E-state index contributed by atoms with van der Waals surface area (Å²) in [6.07, 6.45) is -12.5. The number of fused-ring (bicyclic) bond motifs is 1. The Bertz CT molecular complexity index is 1220. The fourth-order valence-electron chi connectivity index (χ4n) is 4.87. The van der Waals surface area contributed by atoms with Crippen LogP contribution in [0.2, 0.25) is 0 Å². The summed E-state index contributed by atoms with van der Waals surface area (Å²) in [4.78, 5) is 42.9. The van der Waals surface area contributed by atoms with Gasteiger partial charge < -0.3 is 19.6 Å². The molecule has 2 aliphatic rings. The summed E-state index contributed by atoms with van der Waals surface area (Å²) in [5, 5.41) is 9.56. The number of halogens is 6. The fourth-order valence-corrected chi connectivity index (χ4v) is 4.87. The van der Waals surface area contributed by atoms with Crippen molar-refractivity contribution in [2.45, 2.75) is 50.6 Å². The molecule has 2 aliphatic heterocycles. The molecule has 14 heteroatoms. The van der Waals surface area contributed by atoms with Crippen LogP contribution in [0.4, 0.5) is 31.1 Å². The highest BCUT2D eigenvalue weighted by molar-refractivity contribution is 5.90. The first-order valence-electron chi connectivity index (χ1n) is 12.3. The number of amides is 3. The maximum absolute atomic E-state index is 13.2. The van der Waals surface area contributed by atoms with E-state index < -0.39 is 72.4 Å². The van der Waals surface area contributed by atoms with E-state index in [1.807, 2.05) is 0 Å². The summed E-state index contributed by atoms with van der Waals surface area (Å²) in [5.41, 5.74) is -2.84. The molecule has 1 N–H and O–H groups in total. The number of ether oxygens (including phenoxy) is 1. The lowest BCUT2D eigenvalue weighted by atomic mass is 10.0. The van der Waals surface area contributed by atoms with E-state index in [2.05, 4.69) is 0 Å². The highest BCUT2D eigenvalue weighted by Gasteiger charge is 2.49. The van der Waals surface area contributed by atoms with Crippen molar-refractivity contribution in [3.8, 4) is 0 Å². The van der Waals surface area contributed by atoms with Crippen molar-refractivity contribution in [1.82, 2.24) is 14.7 Å². The zero-order chi connectivity index (χ0) is 29.2. The third kappa shape index (κ3) is 6.32. The molecule has 0 saturated carbocycles. The van der Waals surface area contributed by atoms with Crippen LogP contribution in [0.25, 0.3) is 0 Å². The van der Waals surface area contributed by atoms with Crippen LogP contribution in [0, 0.1) is 0 Å². The van der Waals surface area contributed by atoms with Gasteiger partial charge in [-0.05, 0) is 35.7 Å². The number of benzene rings is 2. The van der Waals surface area contributed by atoms with E-state index >= 15 is 0 Å². The molecule has 216 valence electrons. The fraction of sp³-hybridized carbons (Fsp3) is 0.423. The summed E-state index contributed by atoms with van der Waals surface area (Å²) < 4.78 is 84.3. The standard InChI is InChI=1S/C26H25F6N3O5/c27-25(28,29)18-10-17(11-19(12-18)26(30,31)32)15-40-24(39)34-8-6-22(37)35-20(7-9-36)23(38)33(14-21(34)35)13-16-4-2-1-3-5-16/h1-5,10-12,20-21,36H,6-9,13-15H2/t20-,21+/m0/s1. The predicted octanol–water partition coefficient (Wildman–Crippen LogP) is 4.01. The average molecular weight is 573 g/mol. The minimum atomic E-state index is -5.06. The van der Waals surface area contributed by atoms with Crippen LogP contribution in [-0.2, 0) is 39.8 Å². The molecule has 0 unspecified atom stereocenters. The van der Waals surface area contributed by atoms with Crippen molar-refractivity contribution in [3.05, 3.63) is 70.8 Å². The zero-order valence-corrected chi connectivity index (χ0v) is 20.9. The molecule has 2 atom stereocenters. The second-order valence-electron chi connectivity index (χ2n) is 9.43. The Morgan fingerprint density at radius 1 is 0.950 bits per heavy atom. The van der Waals surface area contributed by atoms with Crippen LogP contribution in [0.5, 0.6) is 0 Å². The minimum absolute atomic E-state index is 0.0267. The molecule has 40 heavy (non-hydrogen) atoms. The number of nitrogens with zero attached hydrogens (tertiary/aromatic N) is 3. The first-order chi connectivity index (χ1) is 18.8. The number of alkyl halides is 6. The van der Waals surface area contributed by atoms with Gasteiger partial charge in [0.2, 0.25) is 11.8 Å². The monoisotopic (exact) mass is 573 g/mol. The molecule has 2 heterocycles. The van der Waals surface area contributed by atoms with Crippen molar-refractivity contribution in [2.75, 3.05) is 19.7 Å². The van der Waals surface area contributed by atoms with Crippen molar-refractivity contribution in [3.63, 3.8) is 0 Å². The van der Waals surface area contributed by atoms with Crippen molar-refractivity contribution >= 4 is 17.9 Å². The lowest BCUT2D eigenvalue weighted by Crippen LogP contribution is -2.71. The lowest BCUT2D eigenvalue weighted by Gasteiger charge is -2.51. The Balaban J connectivity index is 1.57. The molecule has 2 aromatic carbocycles. The van der Waals surface area contributed by atoms with Gasteiger partial charge in [-0.3, -0.25) is 14.5 Å². The second-order valence-corrected chi connectivity index (χ2v) is 9.43. The van der Waals surface area contributed by atoms with E-state index in [1.54, 1.807) is 30.3 Å². The summed E-state index contributed by atoms with van der Waals surface area (Å²) in [7, 11) is 0. The first-order valence-corrected chi connectivity index (χ1v) is 12.3. The van der Waals surface area contributed by atoms with Crippen LogP contribution in [0.1, 0.15) is 35.1 Å². The number of carbonyl (C=O) groups excluding carboxylic acids is 3. The zero-order valence-electron chi connectivity index (χ0n) is 20.9. The van der Waals surface area contributed by atoms with Crippen LogP contribution >= 0.6 is 0 Å². The highest BCUT2D eigenvalue weighted by Crippen LogP contribution is 2.36. The quantitative estimate of drug-likeness (QED) is 0.528. The predicted molar refractivity (Wildman–Crippen MR) is 126 cm³/mol. The highest BCUT2D eigenvalue weighted by atomic mass is 19.4. The molecule has 2 saturated heterocycles. The van der Waals surface area contributed by atoms with Gasteiger partial charge in [0, 0.05) is 26.1 Å². The van der Waals surface area contributed by atoms with Crippen LogP contribution in [0.3, 0.4) is 0 Å². The molecule has 0 bridgehead atoms. The maximum Gasteiger partial charge on any atom is 0.416 e. The summed E-state index contributed by atoms with van der Waals surface area (Å²) in [6.45, 7) is -1.43. The van der Waals surface area contributed by atoms with Gasteiger partial charge in [-0.2, -0.15) is 26.3 Å². The smallest absolute Gasteiger partial charge is 0.416 e. The molecular formula is C26H25F6N3O5. The van der Waals surface area contributed by atoms with Crippen LogP contribution < -0.4 is 0 Å². The molecule has 3 amide bonds. The molecule has 2 aromatic rings. The number of piperazine rings is 1. The summed E-state index contributed by atoms with van der Waals surface area (Å²) >= 11 is 0. The third-order valence-electron chi connectivity index (χ3n) is 6.71. The Labute approximate surface area is 224 Å². The maximum atomic E-state index is 13.2. The number of carbonyl (C=O) groups is 3. The Kier molecular flexibility index (Phi) is 8.28. The van der Waals surface area contributed by atoms with Gasteiger partial charge in [-0.1, -0.05) is 30.3 Å². The SMILES string of the molecule is O=C1[C@H](CCO)N2C(=O)CCN(C(=O)OCc3cc(C(F)(F)F)cc(C(F)(F)F)c3)[C@H]2CN1Cc1ccccc1. The van der Waals surface area contributed by atoms with E-state index in [1.165, 1.54) is 9.80 Å². The number of aliphatic hydroxyl groups is 1. The molecule has 4 rings (SSSR count). The molecule has 0 aromatic heterocycles. The van der Waals surface area contributed by atoms with Gasteiger partial charge in [-0.25, -0.2) is 4.79 Å². The van der Waals surface area contributed by atoms with Crippen LogP contribution in [-0.4, -0.2) is 69.6 Å². The molecule has 0 aliphatic carbocycles. The summed E-state index contributed by atoms with van der Waals surface area (Å²) in [6, 6.07) is 8.72. The minimum Gasteiger partial charge on any atom is -0.444 e. The van der Waals surface area contributed by atoms with Crippen molar-refractivity contribution in [1.29, 1.82) is 0 Å². The normalized spacial score (nSPS) is 20.0. The molecule has 2 fully saturated rings. The van der Waals surface area contributed by atoms with Crippen molar-refractivity contribution in [2.24, 2.45) is 0 Å². The van der Waals surface area contributed by atoms with E-state index in [-0.39, 0.29) is 38.5 Å². The van der Waals surface area contributed by atoms with Gasteiger partial charge in [0.1, 0.15) is 18.8 Å². The third-order valence-corrected chi connectivity index (χ3v) is 6.71. The number of rotatable bonds is 6. The topological polar surface area (TPSA) is 90.4 Å². The van der Waals surface area contributed by atoms with Gasteiger partial charge >= 0.3 is 18.4 Å². The largest absolute Gasteiger partial charge is 0.444 e. The number of hydrogen-bond acceptors (Lipinski definition) is 5. The molecule has 0 radical (unpaired) electrons. The van der Waals surface area contributed by atoms with Gasteiger partial charge in [0.15, 0.2) is 0 Å². The van der Waals surface area contributed by atoms with E-state index in [0.29, 0.717) is 12.1 Å². The second kappa shape index (κ2) is 11.4. The first kappa shape index (κ1) is 29.2. The number of hydrogen-bond donors (Lipinski definition) is 1. The van der Waals surface area contributed by atoms with E-state index in [9.17, 15) is 45.8 Å². The Morgan fingerprint density at radius 2 is 1.57 bits per heavy atom. The molecule has 0 spiro atoms. The molecular weight excluding hydrogens is 548 g/mol. The average Bonchev–Trinajstić information content (AvgIpc) is 2.89. The summed E-state index contributed by atoms with van der Waals surface area (Å²) in [5.74, 6) is -0.866. The van der Waals surface area contributed by atoms with E-state index in [0.717, 1.165) is 10.5 Å². The van der Waals surface area contributed by atoms with Crippen molar-refractivity contribution < 1.29 is 50.6 Å². The van der Waals surface area contributed by atoms with Crippen LogP contribution in [0.15, 0.2) is 48.5 Å². The van der Waals surface area contributed by atoms with Gasteiger partial charge in [-0.15, -0.1) is 0 Å². The van der Waals surface area contributed by atoms with Gasteiger partial charge in [0.05, 0.1) is 17.7 Å². The Morgan fingerprint density at radius 3 is 2.15 bits per heavy atom. The number of aliphatic hydroxyl groups excluding tert-OH is 1. The van der Waals surface area contributed by atoms with Gasteiger partial charge in [0.25, 0.3) is 0 Å². The van der Waals surface area contributed by atoms with E-state index in [4.69, 9.17) is 4.74 Å².